The molecule has 0 aliphatic rings. The highest BCUT2D eigenvalue weighted by atomic mass is 127. The normalized spacial score (nSPS) is 9.62. The molecule has 0 aliphatic heterocycles. The van der Waals surface area contributed by atoms with E-state index in [4.69, 9.17) is 0 Å². The van der Waals surface area contributed by atoms with Crippen LogP contribution in [0, 0.1) is 10.5 Å². The summed E-state index contributed by atoms with van der Waals surface area (Å²) in [4.78, 5) is 2.57. The van der Waals surface area contributed by atoms with Crippen LogP contribution in [-0.4, -0.2) is 0 Å². The van der Waals surface area contributed by atoms with Gasteiger partial charge in [0, 0.05) is 13.4 Å². The highest BCUT2D eigenvalue weighted by Crippen LogP contribution is 2.26. The molecule has 0 bridgehead atoms. The molecule has 3 rings (SSSR count). The van der Waals surface area contributed by atoms with Gasteiger partial charge in [-0.25, -0.2) is 0 Å². The summed E-state index contributed by atoms with van der Waals surface area (Å²) < 4.78 is 1.34. The molecule has 21 heavy (non-hydrogen) atoms. The molecule has 0 nitrogen and oxygen atoms in total. The Hall–Kier alpha value is -1.26. The number of rotatable bonds is 2. The minimum atomic E-state index is 1.29. The van der Waals surface area contributed by atoms with Crippen molar-refractivity contribution in [1.29, 1.82) is 0 Å². The quantitative estimate of drug-likeness (QED) is 0.443. The molecule has 106 valence electrons. The molecule has 0 N–H and O–H groups in total. The second-order valence-corrected chi connectivity index (χ2v) is 6.79. The predicted molar refractivity (Wildman–Crippen MR) is 101 cm³/mol. The molecule has 0 fully saturated rings. The first-order valence-corrected chi connectivity index (χ1v) is 8.64. The van der Waals surface area contributed by atoms with Gasteiger partial charge in [0.05, 0.1) is 0 Å². The summed E-state index contributed by atoms with van der Waals surface area (Å²) in [5.41, 5.74) is 1.35. The average Bonchev–Trinajstić information content (AvgIpc) is 2.53. The predicted octanol–water partition coefficient (Wildman–Crippen LogP) is 6.44. The lowest BCUT2D eigenvalue weighted by Crippen LogP contribution is -1.74. The van der Waals surface area contributed by atoms with Crippen LogP contribution in [0.1, 0.15) is 5.56 Å². The first kappa shape index (κ1) is 16.1. The monoisotopic (exact) mass is 404 g/mol. The summed E-state index contributed by atoms with van der Waals surface area (Å²) in [6.07, 6.45) is 0. The zero-order chi connectivity index (χ0) is 14.9. The average molecular weight is 404 g/mol. The van der Waals surface area contributed by atoms with Crippen molar-refractivity contribution in [1.82, 2.24) is 0 Å². The van der Waals surface area contributed by atoms with Crippen molar-refractivity contribution in [3.63, 3.8) is 0 Å². The minimum Gasteiger partial charge on any atom is -0.0901 e. The first-order chi connectivity index (χ1) is 10.3. The third-order valence-electron chi connectivity index (χ3n) is 2.80. The fraction of sp³-hybridized carbons (Fsp3) is 0.0526. The van der Waals surface area contributed by atoms with E-state index in [1.54, 1.807) is 11.8 Å². The van der Waals surface area contributed by atoms with Gasteiger partial charge >= 0.3 is 0 Å². The smallest absolute Gasteiger partial charge is 0.0159 e. The van der Waals surface area contributed by atoms with Gasteiger partial charge in [-0.2, -0.15) is 0 Å². The van der Waals surface area contributed by atoms with E-state index in [1.807, 2.05) is 12.1 Å². The molecule has 0 spiro atoms. The van der Waals surface area contributed by atoms with E-state index in [0.717, 1.165) is 0 Å². The van der Waals surface area contributed by atoms with Crippen LogP contribution in [0.3, 0.4) is 0 Å². The molecule has 0 aliphatic carbocycles. The zero-order valence-electron chi connectivity index (χ0n) is 11.9. The highest BCUT2D eigenvalue weighted by Gasteiger charge is 1.93. The Balaban J connectivity index is 0.000000173. The van der Waals surface area contributed by atoms with Crippen LogP contribution in [0.4, 0.5) is 0 Å². The van der Waals surface area contributed by atoms with E-state index in [0.29, 0.717) is 0 Å². The maximum atomic E-state index is 2.32. The summed E-state index contributed by atoms with van der Waals surface area (Å²) in [5.74, 6) is 0. The van der Waals surface area contributed by atoms with Gasteiger partial charge in [0.1, 0.15) is 0 Å². The molecule has 2 heteroatoms. The lowest BCUT2D eigenvalue weighted by Gasteiger charge is -1.99. The van der Waals surface area contributed by atoms with Crippen LogP contribution < -0.4 is 0 Å². The lowest BCUT2D eigenvalue weighted by molar-refractivity contribution is 1.41. The SMILES string of the molecule is Cc1ccccc1I.c1ccc(Sc2ccccc2)cc1. The van der Waals surface area contributed by atoms with Crippen LogP contribution in [0.15, 0.2) is 94.7 Å². The lowest BCUT2D eigenvalue weighted by atomic mass is 10.2. The largest absolute Gasteiger partial charge is 0.0901 e. The van der Waals surface area contributed by atoms with Gasteiger partial charge in [0.15, 0.2) is 0 Å². The molecule has 0 heterocycles. The molecule has 0 atom stereocenters. The Morgan fingerprint density at radius 2 is 1.05 bits per heavy atom. The van der Waals surface area contributed by atoms with Crippen molar-refractivity contribution in [2.45, 2.75) is 16.7 Å². The zero-order valence-corrected chi connectivity index (χ0v) is 14.8. The van der Waals surface area contributed by atoms with E-state index in [9.17, 15) is 0 Å². The minimum absolute atomic E-state index is 1.29. The Morgan fingerprint density at radius 1 is 0.619 bits per heavy atom. The maximum Gasteiger partial charge on any atom is 0.0159 e. The Morgan fingerprint density at radius 3 is 1.43 bits per heavy atom. The van der Waals surface area contributed by atoms with Gasteiger partial charge in [-0.05, 0) is 65.4 Å². The molecule has 0 saturated heterocycles. The van der Waals surface area contributed by atoms with Crippen LogP contribution >= 0.6 is 34.4 Å². The summed E-state index contributed by atoms with van der Waals surface area (Å²) in [7, 11) is 0. The molecule has 0 unspecified atom stereocenters. The molecule has 3 aromatic carbocycles. The Labute approximate surface area is 144 Å². The van der Waals surface area contributed by atoms with Gasteiger partial charge in [0.25, 0.3) is 0 Å². The first-order valence-electron chi connectivity index (χ1n) is 6.75. The maximum absolute atomic E-state index is 2.32. The molecule has 0 radical (unpaired) electrons. The fourth-order valence-corrected chi connectivity index (χ4v) is 2.91. The Bertz CT molecular complexity index is 592. The van der Waals surface area contributed by atoms with Crippen LogP contribution in [0.25, 0.3) is 0 Å². The molecular weight excluding hydrogens is 387 g/mol. The molecular formula is C19H17IS. The topological polar surface area (TPSA) is 0 Å². The highest BCUT2D eigenvalue weighted by molar-refractivity contribution is 14.1. The van der Waals surface area contributed by atoms with Crippen molar-refractivity contribution >= 4 is 34.4 Å². The third-order valence-corrected chi connectivity index (χ3v) is 5.02. The van der Waals surface area contributed by atoms with E-state index < -0.39 is 0 Å². The van der Waals surface area contributed by atoms with Crippen LogP contribution in [0.5, 0.6) is 0 Å². The molecule has 0 aromatic heterocycles. The summed E-state index contributed by atoms with van der Waals surface area (Å²) in [6, 6.07) is 29.1. The summed E-state index contributed by atoms with van der Waals surface area (Å²) in [5, 5.41) is 0. The van der Waals surface area contributed by atoms with E-state index in [1.165, 1.54) is 18.9 Å². The summed E-state index contributed by atoms with van der Waals surface area (Å²) in [6.45, 7) is 2.11. The second kappa shape index (κ2) is 8.90. The second-order valence-electron chi connectivity index (χ2n) is 4.48. The van der Waals surface area contributed by atoms with Crippen molar-refractivity contribution < 1.29 is 0 Å². The number of hydrogen-bond acceptors (Lipinski definition) is 1. The number of aryl methyl sites for hydroxylation is 1. The van der Waals surface area contributed by atoms with Crippen molar-refractivity contribution in [2.24, 2.45) is 0 Å². The van der Waals surface area contributed by atoms with Crippen molar-refractivity contribution in [3.8, 4) is 0 Å². The molecule has 3 aromatic rings. The van der Waals surface area contributed by atoms with E-state index in [-0.39, 0.29) is 0 Å². The fourth-order valence-electron chi connectivity index (χ4n) is 1.66. The van der Waals surface area contributed by atoms with Crippen molar-refractivity contribution in [3.05, 3.63) is 94.1 Å². The van der Waals surface area contributed by atoms with E-state index >= 15 is 0 Å². The standard InChI is InChI=1S/C12H10S.C7H7I/c1-3-7-11(8-4-1)13-12-9-5-2-6-10-12;1-6-4-2-3-5-7(6)8/h1-10H;2-5H,1H3. The number of hydrogen-bond donors (Lipinski definition) is 0. The Kier molecular flexibility index (Phi) is 6.83. The van der Waals surface area contributed by atoms with Crippen LogP contribution in [0.2, 0.25) is 0 Å². The van der Waals surface area contributed by atoms with Gasteiger partial charge < -0.3 is 0 Å². The van der Waals surface area contributed by atoms with Gasteiger partial charge in [-0.1, -0.05) is 66.4 Å². The molecule has 0 saturated carbocycles. The number of halogens is 1. The van der Waals surface area contributed by atoms with E-state index in [2.05, 4.69) is 102 Å². The van der Waals surface area contributed by atoms with Gasteiger partial charge in [-0.15, -0.1) is 0 Å². The third kappa shape index (κ3) is 5.94. The summed E-state index contributed by atoms with van der Waals surface area (Å²) >= 11 is 4.11. The van der Waals surface area contributed by atoms with Gasteiger partial charge in [0.2, 0.25) is 0 Å². The number of benzene rings is 3. The van der Waals surface area contributed by atoms with Crippen LogP contribution in [-0.2, 0) is 0 Å². The molecule has 0 amide bonds. The van der Waals surface area contributed by atoms with Crippen molar-refractivity contribution in [2.75, 3.05) is 0 Å². The van der Waals surface area contributed by atoms with Gasteiger partial charge in [-0.3, -0.25) is 0 Å².